The van der Waals surface area contributed by atoms with Crippen LogP contribution in [-0.4, -0.2) is 32.4 Å². The molecule has 0 saturated heterocycles. The van der Waals surface area contributed by atoms with Gasteiger partial charge in [-0.3, -0.25) is 9.36 Å². The van der Waals surface area contributed by atoms with Crippen molar-refractivity contribution in [2.75, 3.05) is 12.1 Å². The highest BCUT2D eigenvalue weighted by Crippen LogP contribution is 2.32. The van der Waals surface area contributed by atoms with Crippen LogP contribution in [0.4, 0.5) is 5.69 Å². The van der Waals surface area contributed by atoms with Crippen LogP contribution in [0.5, 0.6) is 23.1 Å². The topological polar surface area (TPSA) is 100 Å². The minimum absolute atomic E-state index is 0.214. The third-order valence-corrected chi connectivity index (χ3v) is 4.56. The maximum atomic E-state index is 12.2. The van der Waals surface area contributed by atoms with Crippen LogP contribution in [0, 0.1) is 0 Å². The van der Waals surface area contributed by atoms with Gasteiger partial charge < -0.3 is 19.5 Å². The highest BCUT2D eigenvalue weighted by molar-refractivity contribution is 6.02. The number of carbonyl (C=O) groups is 1. The van der Waals surface area contributed by atoms with Crippen molar-refractivity contribution in [1.29, 1.82) is 0 Å². The van der Waals surface area contributed by atoms with E-state index in [9.17, 15) is 4.79 Å². The molecule has 0 saturated carbocycles. The summed E-state index contributed by atoms with van der Waals surface area (Å²) in [6.45, 7) is 0.214. The second kappa shape index (κ2) is 8.60. The molecule has 0 spiro atoms. The molecule has 5 rings (SSSR count). The molecule has 0 bridgehead atoms. The van der Waals surface area contributed by atoms with Crippen molar-refractivity contribution < 1.29 is 19.0 Å². The van der Waals surface area contributed by atoms with Crippen molar-refractivity contribution in [3.63, 3.8) is 0 Å². The summed E-state index contributed by atoms with van der Waals surface area (Å²) in [5.41, 5.74) is 1.48. The summed E-state index contributed by atoms with van der Waals surface area (Å²) >= 11 is 0. The van der Waals surface area contributed by atoms with E-state index in [1.807, 2.05) is 18.2 Å². The molecule has 0 aliphatic carbocycles. The molecule has 4 aromatic rings. The van der Waals surface area contributed by atoms with Gasteiger partial charge in [-0.25, -0.2) is 4.98 Å². The van der Waals surface area contributed by atoms with Gasteiger partial charge in [-0.05, 0) is 54.1 Å². The number of rotatable bonds is 6. The Kier molecular flexibility index (Phi) is 5.19. The Hall–Kier alpha value is -4.66. The minimum Gasteiger partial charge on any atom is -0.454 e. The van der Waals surface area contributed by atoms with Crippen LogP contribution in [-0.2, 0) is 4.79 Å². The molecule has 0 atom stereocenters. The summed E-state index contributed by atoms with van der Waals surface area (Å²) < 4.78 is 18.1. The van der Waals surface area contributed by atoms with E-state index in [1.165, 1.54) is 6.08 Å². The molecular weight excluding hydrogens is 410 g/mol. The average Bonchev–Trinajstić information content (AvgIpc) is 3.51. The lowest BCUT2D eigenvalue weighted by molar-refractivity contribution is -0.111. The average molecular weight is 427 g/mol. The van der Waals surface area contributed by atoms with E-state index < -0.39 is 0 Å². The van der Waals surface area contributed by atoms with Crippen molar-refractivity contribution in [3.8, 4) is 28.9 Å². The molecule has 1 aliphatic rings. The van der Waals surface area contributed by atoms with Gasteiger partial charge in [0.25, 0.3) is 0 Å². The maximum Gasteiger partial charge on any atom is 0.248 e. The van der Waals surface area contributed by atoms with E-state index in [-0.39, 0.29) is 12.7 Å². The Morgan fingerprint density at radius 3 is 2.69 bits per heavy atom. The number of nitrogens with zero attached hydrogens (tertiary/aromatic N) is 4. The normalized spacial score (nSPS) is 12.1. The number of benzene rings is 2. The SMILES string of the molecule is O=C(/C=C/c1ccc2c(c1)OCO2)Nc1ccc(Oc2ccc(-n3ccnc3)nn2)cc1. The number of amides is 1. The van der Waals surface area contributed by atoms with Crippen molar-refractivity contribution in [2.45, 2.75) is 0 Å². The molecule has 2 aromatic carbocycles. The number of hydrogen-bond acceptors (Lipinski definition) is 7. The summed E-state index contributed by atoms with van der Waals surface area (Å²) in [6.07, 6.45) is 8.25. The molecule has 0 fully saturated rings. The lowest BCUT2D eigenvalue weighted by atomic mass is 10.2. The Morgan fingerprint density at radius 1 is 1.03 bits per heavy atom. The van der Waals surface area contributed by atoms with Gasteiger partial charge in [0.1, 0.15) is 12.1 Å². The summed E-state index contributed by atoms with van der Waals surface area (Å²) in [7, 11) is 0. The molecule has 3 heterocycles. The van der Waals surface area contributed by atoms with E-state index in [2.05, 4.69) is 20.5 Å². The quantitative estimate of drug-likeness (QED) is 0.467. The zero-order chi connectivity index (χ0) is 21.8. The molecule has 2 aromatic heterocycles. The van der Waals surface area contributed by atoms with Gasteiger partial charge in [-0.1, -0.05) is 6.07 Å². The fourth-order valence-electron chi connectivity index (χ4n) is 3.00. The number of imidazole rings is 1. The Bertz CT molecular complexity index is 1250. The van der Waals surface area contributed by atoms with Gasteiger partial charge in [0.15, 0.2) is 17.3 Å². The van der Waals surface area contributed by atoms with Gasteiger partial charge in [-0.2, -0.15) is 0 Å². The van der Waals surface area contributed by atoms with Crippen LogP contribution < -0.4 is 19.5 Å². The second-order valence-electron chi connectivity index (χ2n) is 6.76. The molecule has 9 nitrogen and oxygen atoms in total. The van der Waals surface area contributed by atoms with Crippen molar-refractivity contribution in [2.24, 2.45) is 0 Å². The standard InChI is InChI=1S/C23H17N5O4/c29-22(9-2-16-1-7-19-20(13-16)31-15-30-19)25-17-3-5-18(6-4-17)32-23-10-8-21(26-27-23)28-12-11-24-14-28/h1-14H,15H2,(H,25,29)/b9-2+. The number of ether oxygens (including phenoxy) is 3. The Balaban J connectivity index is 1.17. The number of carbonyl (C=O) groups excluding carboxylic acids is 1. The number of aromatic nitrogens is 4. The number of hydrogen-bond donors (Lipinski definition) is 1. The van der Waals surface area contributed by atoms with Crippen LogP contribution in [0.3, 0.4) is 0 Å². The predicted molar refractivity (Wildman–Crippen MR) is 116 cm³/mol. The molecule has 1 aliphatic heterocycles. The van der Waals surface area contributed by atoms with Gasteiger partial charge in [-0.15, -0.1) is 10.2 Å². The smallest absolute Gasteiger partial charge is 0.248 e. The number of nitrogens with one attached hydrogen (secondary N) is 1. The van der Waals surface area contributed by atoms with Crippen LogP contribution in [0.15, 0.2) is 79.4 Å². The fourth-order valence-corrected chi connectivity index (χ4v) is 3.00. The Labute approximate surface area is 182 Å². The molecule has 0 unspecified atom stereocenters. The third kappa shape index (κ3) is 4.41. The highest BCUT2D eigenvalue weighted by Gasteiger charge is 2.12. The van der Waals surface area contributed by atoms with E-state index in [4.69, 9.17) is 14.2 Å². The third-order valence-electron chi connectivity index (χ3n) is 4.56. The van der Waals surface area contributed by atoms with E-state index in [0.29, 0.717) is 34.6 Å². The zero-order valence-electron chi connectivity index (χ0n) is 16.7. The van der Waals surface area contributed by atoms with Crippen LogP contribution in [0.25, 0.3) is 11.9 Å². The minimum atomic E-state index is -0.253. The van der Waals surface area contributed by atoms with Crippen molar-refractivity contribution in [3.05, 3.63) is 85.0 Å². The largest absolute Gasteiger partial charge is 0.454 e. The van der Waals surface area contributed by atoms with Crippen molar-refractivity contribution >= 4 is 17.7 Å². The zero-order valence-corrected chi connectivity index (χ0v) is 16.7. The van der Waals surface area contributed by atoms with Crippen molar-refractivity contribution in [1.82, 2.24) is 19.7 Å². The van der Waals surface area contributed by atoms with E-state index >= 15 is 0 Å². The first-order chi connectivity index (χ1) is 15.7. The molecule has 9 heteroatoms. The lowest BCUT2D eigenvalue weighted by Crippen LogP contribution is -2.07. The first-order valence-corrected chi connectivity index (χ1v) is 9.72. The van der Waals surface area contributed by atoms with Gasteiger partial charge in [0.2, 0.25) is 18.6 Å². The summed E-state index contributed by atoms with van der Waals surface area (Å²) in [4.78, 5) is 16.2. The maximum absolute atomic E-state index is 12.2. The predicted octanol–water partition coefficient (Wildman–Crippen LogP) is 3.84. The summed E-state index contributed by atoms with van der Waals surface area (Å²) in [5.74, 6) is 2.69. The molecule has 0 radical (unpaired) electrons. The van der Waals surface area contributed by atoms with Crippen LogP contribution in [0.2, 0.25) is 0 Å². The van der Waals surface area contributed by atoms with E-state index in [0.717, 1.165) is 5.56 Å². The fraction of sp³-hybridized carbons (Fsp3) is 0.0435. The first kappa shape index (κ1) is 19.3. The number of fused-ring (bicyclic) bond motifs is 1. The molecular formula is C23H17N5O4. The molecule has 32 heavy (non-hydrogen) atoms. The lowest BCUT2D eigenvalue weighted by Gasteiger charge is -2.07. The second-order valence-corrected chi connectivity index (χ2v) is 6.76. The monoisotopic (exact) mass is 427 g/mol. The van der Waals surface area contributed by atoms with Gasteiger partial charge >= 0.3 is 0 Å². The molecule has 1 amide bonds. The van der Waals surface area contributed by atoms with Crippen LogP contribution >= 0.6 is 0 Å². The van der Waals surface area contributed by atoms with Gasteiger partial charge in [0.05, 0.1) is 0 Å². The Morgan fingerprint density at radius 2 is 1.91 bits per heavy atom. The highest BCUT2D eigenvalue weighted by atomic mass is 16.7. The molecule has 1 N–H and O–H groups in total. The first-order valence-electron chi connectivity index (χ1n) is 9.72. The number of anilines is 1. The summed E-state index contributed by atoms with van der Waals surface area (Å²) in [5, 5.41) is 11.0. The van der Waals surface area contributed by atoms with Gasteiger partial charge in [0, 0.05) is 30.2 Å². The van der Waals surface area contributed by atoms with Crippen LogP contribution in [0.1, 0.15) is 5.56 Å². The molecule has 158 valence electrons. The van der Waals surface area contributed by atoms with E-state index in [1.54, 1.807) is 65.8 Å². The summed E-state index contributed by atoms with van der Waals surface area (Å²) in [6, 6.07) is 16.0.